The van der Waals surface area contributed by atoms with E-state index in [1.54, 1.807) is 12.1 Å². The largest absolute Gasteiger partial charge is 0.313 e. The number of nitro benzene ring substituents is 1. The van der Waals surface area contributed by atoms with Crippen LogP contribution in [0.4, 0.5) is 20.2 Å². The van der Waals surface area contributed by atoms with Crippen LogP contribution in [-0.4, -0.2) is 9.49 Å². The van der Waals surface area contributed by atoms with E-state index in [1.807, 2.05) is 5.38 Å². The van der Waals surface area contributed by atoms with Gasteiger partial charge in [-0.25, -0.2) is 13.8 Å². The summed E-state index contributed by atoms with van der Waals surface area (Å²) in [6.07, 6.45) is 7.83. The zero-order valence-corrected chi connectivity index (χ0v) is 17.8. The maximum Gasteiger partial charge on any atom is 0.269 e. The molecule has 0 saturated heterocycles. The van der Waals surface area contributed by atoms with Gasteiger partial charge in [-0.15, -0.1) is 11.3 Å². The molecule has 0 bridgehead atoms. The fourth-order valence-corrected chi connectivity index (χ4v) is 5.07. The summed E-state index contributed by atoms with van der Waals surface area (Å²) in [6.45, 7) is 0. The number of non-ortho nitro benzene ring substituents is 1. The van der Waals surface area contributed by atoms with Crippen LogP contribution in [-0.2, 0) is 0 Å². The standard InChI is InChI=1S/C23H23F2N3O2S/c24-17-10-13-21(20(25)14-17)26-23-27(18-6-4-2-1-3-5-7-18)22(15-31-23)16-8-11-19(12-9-16)28(29)30/h8-15,18H,1-7H2. The Kier molecular flexibility index (Phi) is 6.56. The predicted octanol–water partition coefficient (Wildman–Crippen LogP) is 6.92. The predicted molar refractivity (Wildman–Crippen MR) is 117 cm³/mol. The Morgan fingerprint density at radius 1 is 1.00 bits per heavy atom. The van der Waals surface area contributed by atoms with Gasteiger partial charge in [-0.1, -0.05) is 32.1 Å². The zero-order valence-electron chi connectivity index (χ0n) is 17.0. The molecule has 0 N–H and O–H groups in total. The maximum absolute atomic E-state index is 14.3. The number of thiazole rings is 1. The fourth-order valence-electron chi connectivity index (χ4n) is 4.09. The third-order valence-electron chi connectivity index (χ3n) is 5.68. The fraction of sp³-hybridized carbons (Fsp3) is 0.348. The van der Waals surface area contributed by atoms with E-state index in [9.17, 15) is 18.9 Å². The molecule has 8 heteroatoms. The second-order valence-electron chi connectivity index (χ2n) is 7.78. The van der Waals surface area contributed by atoms with Gasteiger partial charge in [-0.2, -0.15) is 0 Å². The van der Waals surface area contributed by atoms with Gasteiger partial charge in [0.1, 0.15) is 11.5 Å². The molecular weight excluding hydrogens is 420 g/mol. The number of nitrogens with zero attached hydrogens (tertiary/aromatic N) is 3. The average Bonchev–Trinajstić information content (AvgIpc) is 3.13. The van der Waals surface area contributed by atoms with Crippen LogP contribution in [0.1, 0.15) is 51.0 Å². The lowest BCUT2D eigenvalue weighted by Gasteiger charge is -2.23. The van der Waals surface area contributed by atoms with Gasteiger partial charge in [0.2, 0.25) is 0 Å². The molecule has 3 aromatic rings. The number of nitro groups is 1. The van der Waals surface area contributed by atoms with Crippen LogP contribution in [0.25, 0.3) is 11.3 Å². The van der Waals surface area contributed by atoms with Crippen molar-refractivity contribution in [1.29, 1.82) is 0 Å². The van der Waals surface area contributed by atoms with E-state index in [1.165, 1.54) is 54.9 Å². The van der Waals surface area contributed by atoms with Gasteiger partial charge in [0.25, 0.3) is 5.69 Å². The third-order valence-corrected chi connectivity index (χ3v) is 6.52. The zero-order chi connectivity index (χ0) is 21.8. The van der Waals surface area contributed by atoms with Gasteiger partial charge < -0.3 is 4.57 Å². The molecule has 0 spiro atoms. The van der Waals surface area contributed by atoms with Crippen molar-refractivity contribution in [2.24, 2.45) is 4.99 Å². The minimum absolute atomic E-state index is 0.0368. The van der Waals surface area contributed by atoms with Crippen LogP contribution >= 0.6 is 11.3 Å². The highest BCUT2D eigenvalue weighted by Gasteiger charge is 2.20. The summed E-state index contributed by atoms with van der Waals surface area (Å²) in [5.41, 5.74) is 1.89. The Morgan fingerprint density at radius 2 is 1.68 bits per heavy atom. The van der Waals surface area contributed by atoms with Crippen molar-refractivity contribution in [3.63, 3.8) is 0 Å². The normalized spacial score (nSPS) is 16.1. The first-order valence-electron chi connectivity index (χ1n) is 10.5. The molecule has 0 radical (unpaired) electrons. The van der Waals surface area contributed by atoms with Crippen LogP contribution in [0.5, 0.6) is 0 Å². The van der Waals surface area contributed by atoms with Gasteiger partial charge in [-0.3, -0.25) is 10.1 Å². The molecule has 0 amide bonds. The number of rotatable bonds is 4. The quantitative estimate of drug-likeness (QED) is 0.324. The number of hydrogen-bond acceptors (Lipinski definition) is 4. The van der Waals surface area contributed by atoms with Crippen LogP contribution in [0.3, 0.4) is 0 Å². The Morgan fingerprint density at radius 3 is 2.32 bits per heavy atom. The van der Waals surface area contributed by atoms with E-state index < -0.39 is 16.6 Å². The van der Waals surface area contributed by atoms with Crippen molar-refractivity contribution in [2.75, 3.05) is 0 Å². The van der Waals surface area contributed by atoms with E-state index in [4.69, 9.17) is 0 Å². The van der Waals surface area contributed by atoms with Crippen molar-refractivity contribution in [2.45, 2.75) is 51.0 Å². The molecule has 1 aliphatic rings. The second kappa shape index (κ2) is 9.51. The molecule has 1 fully saturated rings. The van der Waals surface area contributed by atoms with Gasteiger partial charge in [-0.05, 0) is 42.7 Å². The maximum atomic E-state index is 14.3. The minimum Gasteiger partial charge on any atom is -0.313 e. The lowest BCUT2D eigenvalue weighted by molar-refractivity contribution is -0.384. The molecule has 0 unspecified atom stereocenters. The molecular formula is C23H23F2N3O2S. The van der Waals surface area contributed by atoms with Crippen molar-refractivity contribution in [1.82, 2.24) is 4.57 Å². The first-order valence-corrected chi connectivity index (χ1v) is 11.4. The Balaban J connectivity index is 1.83. The lowest BCUT2D eigenvalue weighted by Crippen LogP contribution is -2.22. The third kappa shape index (κ3) is 4.90. The number of benzene rings is 2. The van der Waals surface area contributed by atoms with E-state index >= 15 is 0 Å². The van der Waals surface area contributed by atoms with Crippen molar-refractivity contribution in [3.8, 4) is 11.3 Å². The van der Waals surface area contributed by atoms with E-state index in [0.29, 0.717) is 4.80 Å². The summed E-state index contributed by atoms with van der Waals surface area (Å²) in [6, 6.07) is 10.1. The SMILES string of the molecule is O=[N+]([O-])c1ccc(-c2csc(=Nc3ccc(F)cc3F)n2C2CCCCCCC2)cc1. The molecule has 0 aliphatic heterocycles. The summed E-state index contributed by atoms with van der Waals surface area (Å²) in [4.78, 5) is 15.8. The highest BCUT2D eigenvalue weighted by Crippen LogP contribution is 2.32. The summed E-state index contributed by atoms with van der Waals surface area (Å²) in [5.74, 6) is -1.34. The molecule has 31 heavy (non-hydrogen) atoms. The molecule has 1 saturated carbocycles. The molecule has 4 rings (SSSR count). The Bertz CT molecular complexity index is 1130. The molecule has 2 aromatic carbocycles. The van der Waals surface area contributed by atoms with Gasteiger partial charge in [0, 0.05) is 29.6 Å². The summed E-state index contributed by atoms with van der Waals surface area (Å²) in [7, 11) is 0. The van der Waals surface area contributed by atoms with Gasteiger partial charge in [0.05, 0.1) is 10.6 Å². The second-order valence-corrected chi connectivity index (χ2v) is 8.62. The summed E-state index contributed by atoms with van der Waals surface area (Å²) >= 11 is 1.40. The molecule has 0 atom stereocenters. The lowest BCUT2D eigenvalue weighted by atomic mass is 9.96. The Labute approximate surface area is 182 Å². The number of aromatic nitrogens is 1. The van der Waals surface area contributed by atoms with Crippen molar-refractivity contribution >= 4 is 22.7 Å². The molecule has 5 nitrogen and oxygen atoms in total. The highest BCUT2D eigenvalue weighted by molar-refractivity contribution is 7.07. The van der Waals surface area contributed by atoms with Gasteiger partial charge in [0.15, 0.2) is 10.6 Å². The Hall–Kier alpha value is -2.87. The minimum atomic E-state index is -0.700. The molecule has 1 aromatic heterocycles. The monoisotopic (exact) mass is 443 g/mol. The smallest absolute Gasteiger partial charge is 0.269 e. The van der Waals surface area contributed by atoms with Crippen molar-refractivity contribution in [3.05, 3.63) is 74.4 Å². The number of hydrogen-bond donors (Lipinski definition) is 0. The first kappa shape index (κ1) is 21.4. The van der Waals surface area contributed by atoms with Crippen LogP contribution in [0.15, 0.2) is 52.8 Å². The number of halogens is 2. The van der Waals surface area contributed by atoms with Crippen LogP contribution < -0.4 is 4.80 Å². The summed E-state index contributed by atoms with van der Waals surface area (Å²) < 4.78 is 29.7. The highest BCUT2D eigenvalue weighted by atomic mass is 32.1. The van der Waals surface area contributed by atoms with E-state index in [0.717, 1.165) is 43.0 Å². The molecule has 162 valence electrons. The average molecular weight is 444 g/mol. The van der Waals surface area contributed by atoms with E-state index in [2.05, 4.69) is 9.56 Å². The molecule has 1 aliphatic carbocycles. The molecule has 1 heterocycles. The van der Waals surface area contributed by atoms with E-state index in [-0.39, 0.29) is 17.4 Å². The van der Waals surface area contributed by atoms with Crippen LogP contribution in [0, 0.1) is 21.7 Å². The van der Waals surface area contributed by atoms with Crippen LogP contribution in [0.2, 0.25) is 0 Å². The van der Waals surface area contributed by atoms with Gasteiger partial charge >= 0.3 is 0 Å². The summed E-state index contributed by atoms with van der Waals surface area (Å²) in [5, 5.41) is 13.0. The van der Waals surface area contributed by atoms with Crippen molar-refractivity contribution < 1.29 is 13.7 Å². The topological polar surface area (TPSA) is 60.4 Å². The first-order chi connectivity index (χ1) is 15.0.